The molecule has 167 valence electrons. The number of fused-ring (bicyclic) bond motifs is 3. The standard InChI is InChI=1S/C21H20FN2O7.Y/c1-24(2)15-9-6-7-5-8-10(22)3-4-11(25)13(8)16(26)12(7)18(28)21(9,31)19(29)14(17(15)27)20(23)30;/h3,7,9,15,26,28-29,31H,5-6H2,1-2H3,(H2,23,30);/q-1;/t7?,9?,15-,21-;/m0./s1. The van der Waals surface area contributed by atoms with Gasteiger partial charge in [0.15, 0.2) is 11.4 Å². The van der Waals surface area contributed by atoms with Crippen LogP contribution in [0.5, 0.6) is 0 Å². The van der Waals surface area contributed by atoms with E-state index in [4.69, 9.17) is 5.73 Å². The van der Waals surface area contributed by atoms with Crippen LogP contribution in [-0.4, -0.2) is 68.5 Å². The molecule has 0 saturated heterocycles. The number of hydrogen-bond donors (Lipinski definition) is 5. The molecule has 4 atom stereocenters. The Kier molecular flexibility index (Phi) is 6.14. The van der Waals surface area contributed by atoms with Crippen molar-refractivity contribution in [3.63, 3.8) is 0 Å². The number of rotatable bonds is 2. The molecule has 0 aliphatic heterocycles. The summed E-state index contributed by atoms with van der Waals surface area (Å²) in [5.41, 5.74) is 1.06. The Bertz CT molecular complexity index is 1120. The van der Waals surface area contributed by atoms with Gasteiger partial charge < -0.3 is 31.0 Å². The van der Waals surface area contributed by atoms with Gasteiger partial charge >= 0.3 is 0 Å². The second-order valence-electron chi connectivity index (χ2n) is 8.30. The maximum absolute atomic E-state index is 14.4. The molecule has 2 unspecified atom stereocenters. The van der Waals surface area contributed by atoms with E-state index < -0.39 is 75.2 Å². The van der Waals surface area contributed by atoms with Gasteiger partial charge in [0.25, 0.3) is 5.91 Å². The minimum atomic E-state index is -2.62. The molecule has 0 bridgehead atoms. The molecule has 9 nitrogen and oxygen atoms in total. The van der Waals surface area contributed by atoms with Gasteiger partial charge in [-0.15, -0.1) is 17.7 Å². The van der Waals surface area contributed by atoms with Crippen molar-refractivity contribution < 1.29 is 71.9 Å². The molecule has 4 rings (SSSR count). The number of aliphatic hydroxyl groups excluding tert-OH is 3. The molecule has 0 aromatic heterocycles. The van der Waals surface area contributed by atoms with Gasteiger partial charge in [0.2, 0.25) is 0 Å². The molecule has 0 aromatic rings. The van der Waals surface area contributed by atoms with Gasteiger partial charge in [-0.25, -0.2) is 0 Å². The summed E-state index contributed by atoms with van der Waals surface area (Å²) >= 11 is 0. The van der Waals surface area contributed by atoms with Gasteiger partial charge in [0, 0.05) is 50.0 Å². The van der Waals surface area contributed by atoms with Crippen LogP contribution in [0.25, 0.3) is 0 Å². The maximum atomic E-state index is 14.4. The average Bonchev–Trinajstić information content (AvgIpc) is 2.67. The van der Waals surface area contributed by atoms with Crippen molar-refractivity contribution in [1.29, 1.82) is 0 Å². The summed E-state index contributed by atoms with van der Waals surface area (Å²) in [4.78, 5) is 38.4. The van der Waals surface area contributed by atoms with Crippen LogP contribution in [0.2, 0.25) is 0 Å². The summed E-state index contributed by atoms with van der Waals surface area (Å²) in [7, 11) is 3.03. The average molecular weight is 520 g/mol. The van der Waals surface area contributed by atoms with Crippen LogP contribution in [0.1, 0.15) is 12.8 Å². The van der Waals surface area contributed by atoms with E-state index in [-0.39, 0.29) is 56.7 Å². The maximum Gasteiger partial charge on any atom is 0.255 e. The molecular weight excluding hydrogens is 500 g/mol. The molecule has 1 amide bonds. The Balaban J connectivity index is 0.00000289. The fraction of sp³-hybridized carbons (Fsp3) is 0.381. The minimum absolute atomic E-state index is 0. The molecule has 0 heterocycles. The first-order chi connectivity index (χ1) is 14.4. The molecular formula is C21H20FN2O7Y-. The first-order valence-corrected chi connectivity index (χ1v) is 9.49. The predicted octanol–water partition coefficient (Wildman–Crippen LogP) is 0.355. The normalized spacial score (nSPS) is 32.1. The van der Waals surface area contributed by atoms with Crippen LogP contribution in [0.3, 0.4) is 0 Å². The Morgan fingerprint density at radius 2 is 1.88 bits per heavy atom. The summed E-state index contributed by atoms with van der Waals surface area (Å²) < 4.78 is 14.4. The summed E-state index contributed by atoms with van der Waals surface area (Å²) in [6, 6.07) is -1.15. The molecule has 1 radical (unpaired) electrons. The van der Waals surface area contributed by atoms with E-state index in [0.29, 0.717) is 0 Å². The van der Waals surface area contributed by atoms with E-state index in [1.54, 1.807) is 0 Å². The number of nitrogens with zero attached hydrogens (tertiary/aromatic N) is 1. The van der Waals surface area contributed by atoms with Crippen LogP contribution in [0, 0.1) is 17.9 Å². The third-order valence-electron chi connectivity index (χ3n) is 6.49. The van der Waals surface area contributed by atoms with Crippen LogP contribution in [-0.2, 0) is 47.1 Å². The number of allylic oxidation sites excluding steroid dienone is 6. The minimum Gasteiger partial charge on any atom is -0.520 e. The quantitative estimate of drug-likeness (QED) is 0.258. The zero-order chi connectivity index (χ0) is 23.0. The van der Waals surface area contributed by atoms with Gasteiger partial charge in [-0.2, -0.15) is 0 Å². The molecule has 4 aliphatic carbocycles. The first kappa shape index (κ1) is 24.5. The Labute approximate surface area is 207 Å². The van der Waals surface area contributed by atoms with Crippen LogP contribution in [0.4, 0.5) is 4.39 Å². The molecule has 11 heteroatoms. The summed E-state index contributed by atoms with van der Waals surface area (Å²) in [5.74, 6) is -8.39. The van der Waals surface area contributed by atoms with Crippen molar-refractivity contribution in [1.82, 2.24) is 4.90 Å². The SMILES string of the molecule is CN(C)[C@@H]1C(=O)C(C(N)=O)=C(O)[C@@]2(O)C(O)=C3C(O)=C4C(=O)[C-]=CC(F)=C4CC3CC12.[Y]. The molecule has 0 fully saturated rings. The number of ketones is 2. The summed E-state index contributed by atoms with van der Waals surface area (Å²) in [6.07, 6.45) is 2.84. The Morgan fingerprint density at radius 3 is 2.44 bits per heavy atom. The van der Waals surface area contributed by atoms with E-state index in [1.807, 2.05) is 0 Å². The predicted molar refractivity (Wildman–Crippen MR) is 103 cm³/mol. The smallest absolute Gasteiger partial charge is 0.255 e. The van der Waals surface area contributed by atoms with Gasteiger partial charge in [0.05, 0.1) is 17.6 Å². The van der Waals surface area contributed by atoms with Crippen molar-refractivity contribution >= 4 is 17.5 Å². The van der Waals surface area contributed by atoms with Gasteiger partial charge in [-0.3, -0.25) is 18.9 Å². The fourth-order valence-electron chi connectivity index (χ4n) is 5.15. The first-order valence-electron chi connectivity index (χ1n) is 9.49. The van der Waals surface area contributed by atoms with Crippen molar-refractivity contribution in [2.75, 3.05) is 14.1 Å². The number of likely N-dealkylation sites (N-methyl/N-ethyl adjacent to an activating group) is 1. The number of hydrogen-bond acceptors (Lipinski definition) is 8. The fourth-order valence-corrected chi connectivity index (χ4v) is 5.15. The number of aliphatic hydroxyl groups is 4. The number of carbonyl (C=O) groups excluding carboxylic acids is 3. The van der Waals surface area contributed by atoms with Crippen molar-refractivity contribution in [3.05, 3.63) is 57.5 Å². The summed E-state index contributed by atoms with van der Waals surface area (Å²) in [5, 5.41) is 43.9. The number of amides is 1. The topological polar surface area (TPSA) is 161 Å². The summed E-state index contributed by atoms with van der Waals surface area (Å²) in [6.45, 7) is 0. The van der Waals surface area contributed by atoms with Crippen LogP contribution < -0.4 is 5.73 Å². The molecule has 6 N–H and O–H groups in total. The third-order valence-corrected chi connectivity index (χ3v) is 6.49. The van der Waals surface area contributed by atoms with E-state index in [2.05, 4.69) is 6.08 Å². The molecule has 32 heavy (non-hydrogen) atoms. The van der Waals surface area contributed by atoms with Crippen LogP contribution >= 0.6 is 0 Å². The zero-order valence-corrected chi connectivity index (χ0v) is 20.1. The second kappa shape index (κ2) is 8.02. The van der Waals surface area contributed by atoms with Crippen molar-refractivity contribution in [2.45, 2.75) is 24.5 Å². The monoisotopic (exact) mass is 520 g/mol. The number of nitrogens with two attached hydrogens (primary N) is 1. The zero-order valence-electron chi connectivity index (χ0n) is 17.2. The number of carbonyl (C=O) groups is 3. The largest absolute Gasteiger partial charge is 0.520 e. The number of halogens is 1. The number of Topliss-reactive ketones (excluding diaryl/α,β-unsaturated/α-hetero) is 2. The number of primary amides is 1. The second-order valence-corrected chi connectivity index (χ2v) is 8.30. The van der Waals surface area contributed by atoms with Gasteiger partial charge in [-0.05, 0) is 38.4 Å². The van der Waals surface area contributed by atoms with Gasteiger partial charge in [-0.1, -0.05) is 0 Å². The third kappa shape index (κ3) is 3.08. The molecule has 0 spiro atoms. The van der Waals surface area contributed by atoms with Crippen LogP contribution in [0.15, 0.2) is 51.5 Å². The molecule has 0 aromatic carbocycles. The van der Waals surface area contributed by atoms with Gasteiger partial charge in [0.1, 0.15) is 17.1 Å². The van der Waals surface area contributed by atoms with Crippen molar-refractivity contribution in [3.8, 4) is 0 Å². The van der Waals surface area contributed by atoms with Crippen molar-refractivity contribution in [2.24, 2.45) is 17.6 Å². The Morgan fingerprint density at radius 1 is 1.25 bits per heavy atom. The van der Waals surface area contributed by atoms with E-state index in [9.17, 15) is 39.2 Å². The van der Waals surface area contributed by atoms with E-state index in [1.165, 1.54) is 19.0 Å². The Hall–Kier alpha value is -2.14. The molecule has 0 saturated carbocycles. The van der Waals surface area contributed by atoms with E-state index >= 15 is 0 Å². The molecule has 4 aliphatic rings. The van der Waals surface area contributed by atoms with E-state index in [0.717, 1.165) is 6.08 Å².